The van der Waals surface area contributed by atoms with E-state index in [0.717, 1.165) is 0 Å². The monoisotopic (exact) mass is 242 g/mol. The summed E-state index contributed by atoms with van der Waals surface area (Å²) in [5.74, 6) is 0. The van der Waals surface area contributed by atoms with Crippen LogP contribution in [0.4, 0.5) is 0 Å². The van der Waals surface area contributed by atoms with Gasteiger partial charge in [0.2, 0.25) is 0 Å². The van der Waals surface area contributed by atoms with Crippen molar-refractivity contribution in [3.63, 3.8) is 0 Å². The van der Waals surface area contributed by atoms with Gasteiger partial charge in [-0.3, -0.25) is 0 Å². The second kappa shape index (κ2) is 14.0. The molecule has 0 aromatic rings. The predicted molar refractivity (Wildman–Crippen MR) is 78.6 cm³/mol. The molecule has 2 heteroatoms. The third kappa shape index (κ3) is 15.9. The second-order valence-electron chi connectivity index (χ2n) is 5.33. The number of rotatable bonds is 13. The Balaban J connectivity index is 2.89. The molecule has 0 atom stereocenters. The van der Waals surface area contributed by atoms with Gasteiger partial charge in [-0.1, -0.05) is 52.9 Å². The number of nitrogens with one attached hydrogen (secondary N) is 2. The maximum atomic E-state index is 3.54. The Hall–Kier alpha value is -0.0800. The number of hydrogen-bond acceptors (Lipinski definition) is 2. The topological polar surface area (TPSA) is 24.1 Å². The summed E-state index contributed by atoms with van der Waals surface area (Å²) in [7, 11) is 0. The van der Waals surface area contributed by atoms with Gasteiger partial charge in [-0.2, -0.15) is 0 Å². The maximum absolute atomic E-state index is 3.54. The number of hydrogen-bond donors (Lipinski definition) is 2. The molecule has 0 bridgehead atoms. The lowest BCUT2D eigenvalue weighted by Gasteiger charge is -2.07. The first-order valence-electron chi connectivity index (χ1n) is 7.71. The molecule has 2 nitrogen and oxygen atoms in total. The maximum Gasteiger partial charge on any atom is 0.00103 e. The van der Waals surface area contributed by atoms with Gasteiger partial charge in [0.05, 0.1) is 0 Å². The Kier molecular flexibility index (Phi) is 13.9. The molecule has 0 aliphatic carbocycles. The third-order valence-corrected chi connectivity index (χ3v) is 3.04. The summed E-state index contributed by atoms with van der Waals surface area (Å²) in [5.41, 5.74) is 0. The van der Waals surface area contributed by atoms with E-state index < -0.39 is 0 Å². The van der Waals surface area contributed by atoms with E-state index in [2.05, 4.69) is 31.4 Å². The Morgan fingerprint density at radius 2 is 1.24 bits per heavy atom. The van der Waals surface area contributed by atoms with Crippen LogP contribution in [0.5, 0.6) is 0 Å². The standard InChI is InChI=1S/C15H34N2/c1-4-5-6-9-12-16-13-10-7-8-11-14-17-15(2)3/h15-17H,4-14H2,1-3H3. The molecule has 0 rings (SSSR count). The Morgan fingerprint density at radius 3 is 1.76 bits per heavy atom. The molecule has 17 heavy (non-hydrogen) atoms. The van der Waals surface area contributed by atoms with Crippen LogP contribution in [0, 0.1) is 0 Å². The van der Waals surface area contributed by atoms with E-state index in [1.807, 2.05) is 0 Å². The van der Waals surface area contributed by atoms with E-state index in [0.29, 0.717) is 6.04 Å². The smallest absolute Gasteiger partial charge is 0.00103 e. The van der Waals surface area contributed by atoms with Crippen LogP contribution in [0.2, 0.25) is 0 Å². The van der Waals surface area contributed by atoms with Gasteiger partial charge in [0.25, 0.3) is 0 Å². The highest BCUT2D eigenvalue weighted by Gasteiger charge is 1.93. The fourth-order valence-electron chi connectivity index (χ4n) is 1.92. The molecule has 2 N–H and O–H groups in total. The minimum absolute atomic E-state index is 0.639. The van der Waals surface area contributed by atoms with Gasteiger partial charge in [-0.05, 0) is 38.9 Å². The van der Waals surface area contributed by atoms with Crippen LogP contribution in [0.25, 0.3) is 0 Å². The van der Waals surface area contributed by atoms with Crippen molar-refractivity contribution in [3.05, 3.63) is 0 Å². The second-order valence-corrected chi connectivity index (χ2v) is 5.33. The van der Waals surface area contributed by atoms with Gasteiger partial charge >= 0.3 is 0 Å². The highest BCUT2D eigenvalue weighted by atomic mass is 14.9. The zero-order chi connectivity index (χ0) is 12.8. The van der Waals surface area contributed by atoms with Gasteiger partial charge in [0, 0.05) is 6.04 Å². The van der Waals surface area contributed by atoms with Crippen molar-refractivity contribution in [3.8, 4) is 0 Å². The van der Waals surface area contributed by atoms with Crippen molar-refractivity contribution in [2.45, 2.75) is 78.2 Å². The van der Waals surface area contributed by atoms with Gasteiger partial charge in [0.15, 0.2) is 0 Å². The molecule has 0 unspecified atom stereocenters. The molecule has 0 fully saturated rings. The average molecular weight is 242 g/mol. The zero-order valence-electron chi connectivity index (χ0n) is 12.4. The molecule has 0 radical (unpaired) electrons. The molecule has 0 aromatic heterocycles. The molecule has 0 aromatic carbocycles. The van der Waals surface area contributed by atoms with Crippen LogP contribution >= 0.6 is 0 Å². The molecule has 104 valence electrons. The quantitative estimate of drug-likeness (QED) is 0.481. The summed E-state index contributed by atoms with van der Waals surface area (Å²) >= 11 is 0. The third-order valence-electron chi connectivity index (χ3n) is 3.04. The normalized spacial score (nSPS) is 11.3. The van der Waals surface area contributed by atoms with Crippen molar-refractivity contribution < 1.29 is 0 Å². The van der Waals surface area contributed by atoms with E-state index in [4.69, 9.17) is 0 Å². The summed E-state index contributed by atoms with van der Waals surface area (Å²) in [5, 5.41) is 7.00. The molecule has 0 aliphatic heterocycles. The predicted octanol–water partition coefficient (Wildman–Crippen LogP) is 3.71. The van der Waals surface area contributed by atoms with Crippen molar-refractivity contribution in [1.29, 1.82) is 0 Å². The lowest BCUT2D eigenvalue weighted by Crippen LogP contribution is -2.23. The average Bonchev–Trinajstić information content (AvgIpc) is 2.30. The van der Waals surface area contributed by atoms with Crippen LogP contribution in [0.15, 0.2) is 0 Å². The van der Waals surface area contributed by atoms with Gasteiger partial charge in [-0.15, -0.1) is 0 Å². The van der Waals surface area contributed by atoms with Crippen molar-refractivity contribution >= 4 is 0 Å². The van der Waals surface area contributed by atoms with Crippen LogP contribution in [0.3, 0.4) is 0 Å². The highest BCUT2D eigenvalue weighted by molar-refractivity contribution is 4.54. The summed E-state index contributed by atoms with van der Waals surface area (Å²) in [6, 6.07) is 0.639. The lowest BCUT2D eigenvalue weighted by atomic mass is 10.2. The highest BCUT2D eigenvalue weighted by Crippen LogP contribution is 1.99. The Labute approximate surface area is 109 Å². The molecule has 0 spiro atoms. The van der Waals surface area contributed by atoms with E-state index in [-0.39, 0.29) is 0 Å². The first-order chi connectivity index (χ1) is 8.27. The van der Waals surface area contributed by atoms with Gasteiger partial charge in [-0.25, -0.2) is 0 Å². The number of unbranched alkanes of at least 4 members (excludes halogenated alkanes) is 6. The fourth-order valence-corrected chi connectivity index (χ4v) is 1.92. The minimum atomic E-state index is 0.639. The summed E-state index contributed by atoms with van der Waals surface area (Å²) in [6.45, 7) is 10.3. The molecule has 0 saturated carbocycles. The SMILES string of the molecule is CCCCCCNCCCCCCNC(C)C. The zero-order valence-corrected chi connectivity index (χ0v) is 12.4. The first kappa shape index (κ1) is 16.9. The lowest BCUT2D eigenvalue weighted by molar-refractivity contribution is 0.527. The molecule has 0 heterocycles. The van der Waals surface area contributed by atoms with Crippen LogP contribution in [0.1, 0.15) is 72.1 Å². The summed E-state index contributed by atoms with van der Waals surface area (Å²) in [6.07, 6.45) is 10.9. The van der Waals surface area contributed by atoms with Crippen LogP contribution in [-0.2, 0) is 0 Å². The minimum Gasteiger partial charge on any atom is -0.317 e. The fraction of sp³-hybridized carbons (Fsp3) is 1.00. The van der Waals surface area contributed by atoms with Gasteiger partial charge in [0.1, 0.15) is 0 Å². The first-order valence-corrected chi connectivity index (χ1v) is 7.71. The molecule has 0 saturated heterocycles. The van der Waals surface area contributed by atoms with E-state index in [1.54, 1.807) is 0 Å². The van der Waals surface area contributed by atoms with Crippen molar-refractivity contribution in [1.82, 2.24) is 10.6 Å². The Bertz CT molecular complexity index is 135. The van der Waals surface area contributed by atoms with Crippen LogP contribution < -0.4 is 10.6 Å². The molecular formula is C15H34N2. The van der Waals surface area contributed by atoms with E-state index in [9.17, 15) is 0 Å². The molecular weight excluding hydrogens is 208 g/mol. The summed E-state index contributed by atoms with van der Waals surface area (Å²) < 4.78 is 0. The van der Waals surface area contributed by atoms with Crippen molar-refractivity contribution in [2.75, 3.05) is 19.6 Å². The largest absolute Gasteiger partial charge is 0.317 e. The van der Waals surface area contributed by atoms with E-state index in [1.165, 1.54) is 71.0 Å². The molecule has 0 aliphatic rings. The van der Waals surface area contributed by atoms with Crippen LogP contribution in [-0.4, -0.2) is 25.7 Å². The van der Waals surface area contributed by atoms with Gasteiger partial charge < -0.3 is 10.6 Å². The van der Waals surface area contributed by atoms with E-state index >= 15 is 0 Å². The Morgan fingerprint density at radius 1 is 0.706 bits per heavy atom. The molecule has 0 amide bonds. The summed E-state index contributed by atoms with van der Waals surface area (Å²) in [4.78, 5) is 0. The van der Waals surface area contributed by atoms with Crippen molar-refractivity contribution in [2.24, 2.45) is 0 Å².